The summed E-state index contributed by atoms with van der Waals surface area (Å²) in [7, 11) is 0. The molecule has 0 N–H and O–H groups in total. The molecule has 0 aliphatic rings. The number of aryl methyl sites for hydroxylation is 1. The number of Topliss-reactive ketones (excluding diaryl/α,β-unsaturated/α-hetero) is 1. The number of benzene rings is 1. The van der Waals surface area contributed by atoms with Gasteiger partial charge < -0.3 is 4.52 Å². The van der Waals surface area contributed by atoms with Gasteiger partial charge >= 0.3 is 0 Å². The fourth-order valence-electron chi connectivity index (χ4n) is 2.28. The summed E-state index contributed by atoms with van der Waals surface area (Å²) in [4.78, 5) is 12.2. The van der Waals surface area contributed by atoms with Gasteiger partial charge in [0.1, 0.15) is 5.78 Å². The smallest absolute Gasteiger partial charge is 0.170 e. The number of nitrogens with zero attached hydrogens (tertiary/aromatic N) is 1. The second-order valence-electron chi connectivity index (χ2n) is 6.54. The van der Waals surface area contributed by atoms with E-state index in [2.05, 4.69) is 41.9 Å². The number of ketones is 1. The lowest BCUT2D eigenvalue weighted by molar-refractivity contribution is -0.120. The maximum atomic E-state index is 12.2. The minimum Gasteiger partial charge on any atom is -0.356 e. The first kappa shape index (κ1) is 16.0. The molecule has 0 radical (unpaired) electrons. The van der Waals surface area contributed by atoms with E-state index in [9.17, 15) is 4.79 Å². The molecule has 0 spiro atoms. The van der Waals surface area contributed by atoms with Crippen LogP contribution in [0.3, 0.4) is 0 Å². The first-order valence-corrected chi connectivity index (χ1v) is 7.78. The van der Waals surface area contributed by atoms with E-state index in [0.29, 0.717) is 18.6 Å². The number of carbonyl (C=O) groups excluding carboxylic acids is 1. The SMILES string of the molecule is Cc1noc(-c2ccc(Br)cc2)c1CC(=O)CC(C)(C)C. The van der Waals surface area contributed by atoms with E-state index in [0.717, 1.165) is 21.3 Å². The van der Waals surface area contributed by atoms with Crippen LogP contribution in [0.25, 0.3) is 11.3 Å². The second-order valence-corrected chi connectivity index (χ2v) is 7.45. The molecule has 112 valence electrons. The summed E-state index contributed by atoms with van der Waals surface area (Å²) < 4.78 is 6.44. The van der Waals surface area contributed by atoms with Crippen LogP contribution in [0, 0.1) is 12.3 Å². The molecule has 1 heterocycles. The lowest BCUT2D eigenvalue weighted by Crippen LogP contribution is -2.15. The standard InChI is InChI=1S/C17H20BrNO2/c1-11-15(9-14(20)10-17(2,3)4)16(21-19-11)12-5-7-13(18)8-6-12/h5-8H,9-10H2,1-4H3. The summed E-state index contributed by atoms with van der Waals surface area (Å²) in [5.74, 6) is 0.912. The van der Waals surface area contributed by atoms with Gasteiger partial charge in [-0.25, -0.2) is 0 Å². The van der Waals surface area contributed by atoms with Crippen LogP contribution in [0.1, 0.15) is 38.4 Å². The van der Waals surface area contributed by atoms with Gasteiger partial charge in [-0.2, -0.15) is 0 Å². The Balaban J connectivity index is 2.26. The Labute approximate surface area is 133 Å². The third-order valence-corrected chi connectivity index (χ3v) is 3.72. The van der Waals surface area contributed by atoms with Crippen molar-refractivity contribution in [1.82, 2.24) is 5.16 Å². The molecule has 1 aromatic carbocycles. The zero-order chi connectivity index (χ0) is 15.6. The lowest BCUT2D eigenvalue weighted by Gasteiger charge is -2.16. The number of carbonyl (C=O) groups is 1. The molecular formula is C17H20BrNO2. The summed E-state index contributed by atoms with van der Waals surface area (Å²) in [6.07, 6.45) is 0.926. The van der Waals surface area contributed by atoms with Crippen molar-refractivity contribution in [1.29, 1.82) is 0 Å². The van der Waals surface area contributed by atoms with Crippen molar-refractivity contribution in [2.24, 2.45) is 5.41 Å². The van der Waals surface area contributed by atoms with Gasteiger partial charge in [-0.1, -0.05) is 54.0 Å². The Morgan fingerprint density at radius 2 is 1.86 bits per heavy atom. The highest BCUT2D eigenvalue weighted by molar-refractivity contribution is 9.10. The van der Waals surface area contributed by atoms with Crippen LogP contribution in [-0.4, -0.2) is 10.9 Å². The molecular weight excluding hydrogens is 330 g/mol. The van der Waals surface area contributed by atoms with Crippen LogP contribution in [0.2, 0.25) is 0 Å². The van der Waals surface area contributed by atoms with Crippen molar-refractivity contribution in [2.75, 3.05) is 0 Å². The van der Waals surface area contributed by atoms with Crippen LogP contribution < -0.4 is 0 Å². The number of rotatable bonds is 4. The van der Waals surface area contributed by atoms with Crippen molar-refractivity contribution < 1.29 is 9.32 Å². The van der Waals surface area contributed by atoms with Gasteiger partial charge in [-0.05, 0) is 24.5 Å². The molecule has 21 heavy (non-hydrogen) atoms. The molecule has 0 saturated carbocycles. The molecule has 3 nitrogen and oxygen atoms in total. The van der Waals surface area contributed by atoms with Gasteiger partial charge in [-0.15, -0.1) is 0 Å². The zero-order valence-corrected chi connectivity index (χ0v) is 14.5. The molecule has 0 unspecified atom stereocenters. The Morgan fingerprint density at radius 1 is 1.24 bits per heavy atom. The van der Waals surface area contributed by atoms with Gasteiger partial charge in [0.05, 0.1) is 5.69 Å². The van der Waals surface area contributed by atoms with Gasteiger partial charge in [0.15, 0.2) is 5.76 Å². The maximum absolute atomic E-state index is 12.2. The number of halogens is 1. The highest BCUT2D eigenvalue weighted by Gasteiger charge is 2.21. The molecule has 2 aromatic rings. The van der Waals surface area contributed by atoms with Crippen LogP contribution >= 0.6 is 15.9 Å². The predicted octanol–water partition coefficient (Wildman–Crippen LogP) is 4.96. The molecule has 4 heteroatoms. The van der Waals surface area contributed by atoms with E-state index in [1.54, 1.807) is 0 Å². The number of aromatic nitrogens is 1. The molecule has 0 fully saturated rings. The zero-order valence-electron chi connectivity index (χ0n) is 12.9. The van der Waals surface area contributed by atoms with Gasteiger partial charge in [0.25, 0.3) is 0 Å². The van der Waals surface area contributed by atoms with Crippen molar-refractivity contribution in [3.05, 3.63) is 40.0 Å². The Bertz CT molecular complexity index is 636. The average Bonchev–Trinajstić information content (AvgIpc) is 2.70. The number of hydrogen-bond acceptors (Lipinski definition) is 3. The summed E-state index contributed by atoms with van der Waals surface area (Å²) in [6.45, 7) is 8.09. The van der Waals surface area contributed by atoms with Crippen LogP contribution in [0.5, 0.6) is 0 Å². The van der Waals surface area contributed by atoms with E-state index >= 15 is 0 Å². The van der Waals surface area contributed by atoms with Gasteiger partial charge in [0.2, 0.25) is 0 Å². The average molecular weight is 350 g/mol. The topological polar surface area (TPSA) is 43.1 Å². The molecule has 0 aliphatic carbocycles. The fraction of sp³-hybridized carbons (Fsp3) is 0.412. The van der Waals surface area contributed by atoms with Crippen molar-refractivity contribution in [2.45, 2.75) is 40.5 Å². The molecule has 0 aliphatic heterocycles. The summed E-state index contributed by atoms with van der Waals surface area (Å²) >= 11 is 3.41. The minimum absolute atomic E-state index is 0.0000727. The highest BCUT2D eigenvalue weighted by atomic mass is 79.9. The largest absolute Gasteiger partial charge is 0.356 e. The van der Waals surface area contributed by atoms with Gasteiger partial charge in [-0.3, -0.25) is 4.79 Å². The maximum Gasteiger partial charge on any atom is 0.170 e. The van der Waals surface area contributed by atoms with Crippen LogP contribution in [-0.2, 0) is 11.2 Å². The third-order valence-electron chi connectivity index (χ3n) is 3.19. The Morgan fingerprint density at radius 3 is 2.43 bits per heavy atom. The van der Waals surface area contributed by atoms with Crippen LogP contribution in [0.15, 0.2) is 33.3 Å². The van der Waals surface area contributed by atoms with E-state index in [4.69, 9.17) is 4.52 Å². The minimum atomic E-state index is -0.0000727. The first-order chi connectivity index (χ1) is 9.76. The normalized spacial score (nSPS) is 11.7. The molecule has 0 saturated heterocycles. The fourth-order valence-corrected chi connectivity index (χ4v) is 2.54. The quantitative estimate of drug-likeness (QED) is 0.783. The van der Waals surface area contributed by atoms with Crippen molar-refractivity contribution >= 4 is 21.7 Å². The number of hydrogen-bond donors (Lipinski definition) is 0. The van der Waals surface area contributed by atoms with E-state index < -0.39 is 0 Å². The monoisotopic (exact) mass is 349 g/mol. The van der Waals surface area contributed by atoms with E-state index in [1.165, 1.54) is 0 Å². The Hall–Kier alpha value is -1.42. The summed E-state index contributed by atoms with van der Waals surface area (Å²) in [5, 5.41) is 4.03. The van der Waals surface area contributed by atoms with E-state index in [-0.39, 0.29) is 11.2 Å². The first-order valence-electron chi connectivity index (χ1n) is 6.99. The summed E-state index contributed by atoms with van der Waals surface area (Å²) in [6, 6.07) is 7.82. The molecule has 0 bridgehead atoms. The van der Waals surface area contributed by atoms with Gasteiger partial charge in [0, 0.05) is 28.4 Å². The predicted molar refractivity (Wildman–Crippen MR) is 87.2 cm³/mol. The van der Waals surface area contributed by atoms with Crippen molar-refractivity contribution in [3.8, 4) is 11.3 Å². The molecule has 2 rings (SSSR count). The van der Waals surface area contributed by atoms with E-state index in [1.807, 2.05) is 31.2 Å². The molecule has 1 aromatic heterocycles. The third kappa shape index (κ3) is 4.27. The van der Waals surface area contributed by atoms with Crippen LogP contribution in [0.4, 0.5) is 0 Å². The molecule has 0 amide bonds. The highest BCUT2D eigenvalue weighted by Crippen LogP contribution is 2.29. The second kappa shape index (κ2) is 6.14. The Kier molecular flexibility index (Phi) is 4.67. The van der Waals surface area contributed by atoms with Crippen molar-refractivity contribution in [3.63, 3.8) is 0 Å². The summed E-state index contributed by atoms with van der Waals surface area (Å²) in [5.41, 5.74) is 2.62. The molecule has 0 atom stereocenters. The lowest BCUT2D eigenvalue weighted by atomic mass is 9.87.